The molecule has 0 N–H and O–H groups in total. The van der Waals surface area contributed by atoms with Crippen LogP contribution in [0.15, 0.2) is 29.2 Å². The molecular weight excluding hydrogens is 458 g/mol. The van der Waals surface area contributed by atoms with Crippen molar-refractivity contribution < 1.29 is 19.0 Å². The Hall–Kier alpha value is -1.24. The first-order valence-corrected chi connectivity index (χ1v) is 15.1. The SMILES string of the molecule is CCCCCCN(CCCCCC)C(=O)Oc1ccc(SCC(OCCCC)OCCCC)cc1. The number of hydrogen-bond acceptors (Lipinski definition) is 5. The van der Waals surface area contributed by atoms with Gasteiger partial charge in [-0.3, -0.25) is 0 Å². The quantitative estimate of drug-likeness (QED) is 0.0888. The van der Waals surface area contributed by atoms with Gasteiger partial charge in [0.05, 0.1) is 0 Å². The summed E-state index contributed by atoms with van der Waals surface area (Å²) in [5, 5.41) is 0. The molecule has 1 rings (SSSR count). The molecule has 6 heteroatoms. The lowest BCUT2D eigenvalue weighted by atomic mass is 10.2. The van der Waals surface area contributed by atoms with Crippen LogP contribution in [0.3, 0.4) is 0 Å². The first-order valence-electron chi connectivity index (χ1n) is 14.1. The standard InChI is InChI=1S/C29H51NO4S/c1-5-9-13-15-21-30(22-16-14-10-6-2)29(31)34-26-17-19-27(20-18-26)35-25-28(32-23-11-7-3)33-24-12-8-4/h17-20,28H,5-16,21-25H2,1-4H3. The molecule has 0 fully saturated rings. The third-order valence-electron chi connectivity index (χ3n) is 5.84. The minimum Gasteiger partial charge on any atom is -0.410 e. The Labute approximate surface area is 219 Å². The maximum atomic E-state index is 12.9. The molecule has 5 nitrogen and oxygen atoms in total. The fraction of sp³-hybridized carbons (Fsp3) is 0.759. The van der Waals surface area contributed by atoms with E-state index >= 15 is 0 Å². The Morgan fingerprint density at radius 1 is 0.743 bits per heavy atom. The van der Waals surface area contributed by atoms with Crippen LogP contribution in [-0.2, 0) is 9.47 Å². The number of unbranched alkanes of at least 4 members (excludes halogenated alkanes) is 8. The number of rotatable bonds is 22. The highest BCUT2D eigenvalue weighted by Crippen LogP contribution is 2.24. The minimum atomic E-state index is -0.230. The van der Waals surface area contributed by atoms with Gasteiger partial charge in [-0.1, -0.05) is 79.1 Å². The van der Waals surface area contributed by atoms with Gasteiger partial charge in [0.1, 0.15) is 5.75 Å². The van der Waals surface area contributed by atoms with Crippen LogP contribution in [0.5, 0.6) is 5.75 Å². The van der Waals surface area contributed by atoms with Crippen molar-refractivity contribution in [3.8, 4) is 5.75 Å². The lowest BCUT2D eigenvalue weighted by Crippen LogP contribution is -2.35. The molecule has 0 saturated carbocycles. The summed E-state index contributed by atoms with van der Waals surface area (Å²) in [5.74, 6) is 1.34. The van der Waals surface area contributed by atoms with Gasteiger partial charge in [-0.05, 0) is 49.9 Å². The molecule has 0 aliphatic rings. The Morgan fingerprint density at radius 2 is 1.26 bits per heavy atom. The van der Waals surface area contributed by atoms with Crippen molar-refractivity contribution in [2.24, 2.45) is 0 Å². The van der Waals surface area contributed by atoms with Crippen molar-refractivity contribution >= 4 is 17.9 Å². The number of carbonyl (C=O) groups is 1. The summed E-state index contributed by atoms with van der Waals surface area (Å²) in [6.45, 7) is 11.8. The molecule has 0 bridgehead atoms. The van der Waals surface area contributed by atoms with Crippen LogP contribution >= 0.6 is 11.8 Å². The molecule has 0 unspecified atom stereocenters. The fourth-order valence-corrected chi connectivity index (χ4v) is 4.40. The lowest BCUT2D eigenvalue weighted by Gasteiger charge is -2.22. The minimum absolute atomic E-state index is 0.190. The molecule has 35 heavy (non-hydrogen) atoms. The first kappa shape index (κ1) is 31.8. The molecule has 0 spiro atoms. The topological polar surface area (TPSA) is 48.0 Å². The van der Waals surface area contributed by atoms with Crippen LogP contribution < -0.4 is 4.74 Å². The molecule has 0 aliphatic carbocycles. The predicted molar refractivity (Wildman–Crippen MR) is 149 cm³/mol. The maximum absolute atomic E-state index is 12.9. The molecule has 1 aromatic carbocycles. The van der Waals surface area contributed by atoms with Gasteiger partial charge in [-0.25, -0.2) is 4.79 Å². The number of ether oxygens (including phenoxy) is 3. The second-order valence-electron chi connectivity index (χ2n) is 9.14. The van der Waals surface area contributed by atoms with Crippen LogP contribution in [0.4, 0.5) is 4.79 Å². The molecule has 1 aromatic rings. The number of benzene rings is 1. The molecule has 0 atom stereocenters. The van der Waals surface area contributed by atoms with Gasteiger partial charge in [0.15, 0.2) is 6.29 Å². The Morgan fingerprint density at radius 3 is 1.74 bits per heavy atom. The molecule has 1 amide bonds. The van der Waals surface area contributed by atoms with E-state index in [4.69, 9.17) is 14.2 Å². The largest absolute Gasteiger partial charge is 0.415 e. The molecule has 0 heterocycles. The third kappa shape index (κ3) is 16.2. The summed E-state index contributed by atoms with van der Waals surface area (Å²) in [5.41, 5.74) is 0. The van der Waals surface area contributed by atoms with Gasteiger partial charge in [-0.15, -0.1) is 11.8 Å². The van der Waals surface area contributed by atoms with E-state index in [9.17, 15) is 4.79 Å². The van der Waals surface area contributed by atoms with Crippen LogP contribution in [0.2, 0.25) is 0 Å². The average molecular weight is 510 g/mol. The first-order chi connectivity index (χ1) is 17.1. The van der Waals surface area contributed by atoms with Crippen LogP contribution in [0.1, 0.15) is 105 Å². The van der Waals surface area contributed by atoms with Crippen molar-refractivity contribution in [2.45, 2.75) is 116 Å². The molecule has 202 valence electrons. The van der Waals surface area contributed by atoms with E-state index < -0.39 is 0 Å². The third-order valence-corrected chi connectivity index (χ3v) is 6.88. The van der Waals surface area contributed by atoms with Crippen LogP contribution in [0, 0.1) is 0 Å². The van der Waals surface area contributed by atoms with Gasteiger partial charge in [0.2, 0.25) is 0 Å². The zero-order valence-electron chi connectivity index (χ0n) is 22.9. The molecule has 0 aliphatic heterocycles. The van der Waals surface area contributed by atoms with Crippen molar-refractivity contribution in [1.29, 1.82) is 0 Å². The number of thioether (sulfide) groups is 1. The van der Waals surface area contributed by atoms with Crippen LogP contribution in [0.25, 0.3) is 0 Å². The zero-order chi connectivity index (χ0) is 25.6. The van der Waals surface area contributed by atoms with Crippen molar-refractivity contribution in [3.63, 3.8) is 0 Å². The van der Waals surface area contributed by atoms with Crippen molar-refractivity contribution in [2.75, 3.05) is 32.1 Å². The normalized spacial score (nSPS) is 11.2. The van der Waals surface area contributed by atoms with Crippen molar-refractivity contribution in [3.05, 3.63) is 24.3 Å². The number of hydrogen-bond donors (Lipinski definition) is 0. The molecule has 0 aromatic heterocycles. The maximum Gasteiger partial charge on any atom is 0.415 e. The van der Waals surface area contributed by atoms with E-state index in [2.05, 4.69) is 27.7 Å². The predicted octanol–water partition coefficient (Wildman–Crippen LogP) is 8.70. The van der Waals surface area contributed by atoms with E-state index in [1.807, 2.05) is 29.2 Å². The van der Waals surface area contributed by atoms with Gasteiger partial charge in [0.25, 0.3) is 0 Å². The summed E-state index contributed by atoms with van der Waals surface area (Å²) in [7, 11) is 0. The highest BCUT2D eigenvalue weighted by atomic mass is 32.2. The fourth-order valence-electron chi connectivity index (χ4n) is 3.55. The van der Waals surface area contributed by atoms with Gasteiger partial charge >= 0.3 is 6.09 Å². The monoisotopic (exact) mass is 509 g/mol. The lowest BCUT2D eigenvalue weighted by molar-refractivity contribution is -0.128. The number of carbonyl (C=O) groups excluding carboxylic acids is 1. The Kier molecular flexibility index (Phi) is 20.0. The smallest absolute Gasteiger partial charge is 0.410 e. The van der Waals surface area contributed by atoms with Crippen LogP contribution in [-0.4, -0.2) is 49.3 Å². The summed E-state index contributed by atoms with van der Waals surface area (Å²) in [4.78, 5) is 15.9. The molecular formula is C29H51NO4S. The van der Waals surface area contributed by atoms with Crippen molar-refractivity contribution in [1.82, 2.24) is 4.90 Å². The van der Waals surface area contributed by atoms with E-state index in [0.717, 1.165) is 88.3 Å². The summed E-state index contributed by atoms with van der Waals surface area (Å²) < 4.78 is 17.6. The number of amides is 1. The second kappa shape index (κ2) is 22.0. The second-order valence-corrected chi connectivity index (χ2v) is 10.2. The summed E-state index contributed by atoms with van der Waals surface area (Å²) in [6, 6.07) is 7.79. The number of nitrogens with zero attached hydrogens (tertiary/aromatic N) is 1. The van der Waals surface area contributed by atoms with Gasteiger partial charge in [-0.2, -0.15) is 0 Å². The summed E-state index contributed by atoms with van der Waals surface area (Å²) >= 11 is 1.71. The highest BCUT2D eigenvalue weighted by molar-refractivity contribution is 7.99. The molecule has 0 saturated heterocycles. The zero-order valence-corrected chi connectivity index (χ0v) is 23.7. The van der Waals surface area contributed by atoms with E-state index in [-0.39, 0.29) is 12.4 Å². The van der Waals surface area contributed by atoms with E-state index in [0.29, 0.717) is 5.75 Å². The molecule has 0 radical (unpaired) electrons. The average Bonchev–Trinajstić information content (AvgIpc) is 2.87. The van der Waals surface area contributed by atoms with E-state index in [1.54, 1.807) is 11.8 Å². The van der Waals surface area contributed by atoms with E-state index in [1.165, 1.54) is 25.7 Å². The van der Waals surface area contributed by atoms with Gasteiger partial charge < -0.3 is 19.1 Å². The Balaban J connectivity index is 2.56. The summed E-state index contributed by atoms with van der Waals surface area (Å²) in [6.07, 6.45) is 13.1. The van der Waals surface area contributed by atoms with Gasteiger partial charge in [0, 0.05) is 37.0 Å². The highest BCUT2D eigenvalue weighted by Gasteiger charge is 2.16. The Bertz CT molecular complexity index is 604.